The summed E-state index contributed by atoms with van der Waals surface area (Å²) in [5, 5.41) is 5.53. The minimum absolute atomic E-state index is 0.0897. The van der Waals surface area contributed by atoms with Gasteiger partial charge in [0.15, 0.2) is 6.54 Å². The highest BCUT2D eigenvalue weighted by atomic mass is 32.1. The number of benzene rings is 1. The highest BCUT2D eigenvalue weighted by Gasteiger charge is 2.32. The first kappa shape index (κ1) is 18.6. The lowest BCUT2D eigenvalue weighted by atomic mass is 10.1. The maximum atomic E-state index is 12.5. The van der Waals surface area contributed by atoms with Gasteiger partial charge in [-0.15, -0.1) is 11.3 Å². The van der Waals surface area contributed by atoms with E-state index < -0.39 is 0 Å². The van der Waals surface area contributed by atoms with Crippen LogP contribution in [0.5, 0.6) is 0 Å². The molecule has 138 valence electrons. The maximum absolute atomic E-state index is 12.5. The summed E-state index contributed by atoms with van der Waals surface area (Å²) in [4.78, 5) is 25.9. The number of likely N-dealkylation sites (N-methyl/N-ethyl adjacent to an activating group) is 1. The molecule has 0 aliphatic heterocycles. The molecule has 1 fully saturated rings. The van der Waals surface area contributed by atoms with Gasteiger partial charge in [0.2, 0.25) is 0 Å². The van der Waals surface area contributed by atoms with Crippen LogP contribution in [0.4, 0.5) is 5.00 Å². The molecule has 1 saturated carbocycles. The van der Waals surface area contributed by atoms with Crippen LogP contribution >= 0.6 is 11.3 Å². The predicted molar refractivity (Wildman–Crippen MR) is 103 cm³/mol. The Bertz CT molecular complexity index is 769. The second-order valence-corrected chi connectivity index (χ2v) is 7.61. The van der Waals surface area contributed by atoms with Crippen LogP contribution in [-0.4, -0.2) is 32.1 Å². The second kappa shape index (κ2) is 8.47. The number of ether oxygens (including phenoxy) is 1. The summed E-state index contributed by atoms with van der Waals surface area (Å²) in [6.45, 7) is 3.24. The molecule has 0 radical (unpaired) electrons. The Kier molecular flexibility index (Phi) is 6.06. The second-order valence-electron chi connectivity index (χ2n) is 6.73. The van der Waals surface area contributed by atoms with Crippen LogP contribution < -0.4 is 10.2 Å². The minimum atomic E-state index is -0.337. The van der Waals surface area contributed by atoms with Crippen molar-refractivity contribution in [3.8, 4) is 0 Å². The van der Waals surface area contributed by atoms with Gasteiger partial charge < -0.3 is 15.0 Å². The van der Waals surface area contributed by atoms with Gasteiger partial charge in [-0.05, 0) is 36.6 Å². The van der Waals surface area contributed by atoms with Crippen molar-refractivity contribution in [2.75, 3.05) is 25.5 Å². The van der Waals surface area contributed by atoms with E-state index >= 15 is 0 Å². The van der Waals surface area contributed by atoms with Gasteiger partial charge in [-0.1, -0.05) is 30.3 Å². The zero-order chi connectivity index (χ0) is 18.5. The molecule has 3 rings (SSSR count). The summed E-state index contributed by atoms with van der Waals surface area (Å²) >= 11 is 1.42. The number of rotatable bonds is 8. The van der Waals surface area contributed by atoms with Crippen LogP contribution in [0.25, 0.3) is 0 Å². The molecule has 2 aromatic rings. The van der Waals surface area contributed by atoms with Gasteiger partial charge in [0.05, 0.1) is 19.2 Å². The van der Waals surface area contributed by atoms with Crippen LogP contribution in [0.1, 0.15) is 47.2 Å². The van der Waals surface area contributed by atoms with Crippen LogP contribution in [0.3, 0.4) is 0 Å². The Morgan fingerprint density at radius 1 is 1.27 bits per heavy atom. The molecule has 1 amide bonds. The summed E-state index contributed by atoms with van der Waals surface area (Å²) in [7, 11) is 1.99. The number of esters is 1. The normalized spacial score (nSPS) is 14.7. The molecule has 1 aromatic carbocycles. The fourth-order valence-corrected chi connectivity index (χ4v) is 4.07. The van der Waals surface area contributed by atoms with Crippen molar-refractivity contribution < 1.29 is 19.2 Å². The molecule has 1 aliphatic carbocycles. The molecule has 6 heteroatoms. The molecule has 0 saturated heterocycles. The van der Waals surface area contributed by atoms with Gasteiger partial charge >= 0.3 is 5.97 Å². The largest absolute Gasteiger partial charge is 0.462 e. The van der Waals surface area contributed by atoms with Gasteiger partial charge in [0, 0.05) is 5.56 Å². The molecule has 0 spiro atoms. The maximum Gasteiger partial charge on any atom is 0.341 e. The van der Waals surface area contributed by atoms with Gasteiger partial charge in [-0.3, -0.25) is 4.79 Å². The lowest BCUT2D eigenvalue weighted by molar-refractivity contribution is -0.885. The number of hydrogen-bond acceptors (Lipinski definition) is 4. The molecule has 1 heterocycles. The summed E-state index contributed by atoms with van der Waals surface area (Å²) in [5.41, 5.74) is 2.76. The molecule has 1 aromatic heterocycles. The van der Waals surface area contributed by atoms with Crippen molar-refractivity contribution >= 4 is 28.2 Å². The van der Waals surface area contributed by atoms with Crippen molar-refractivity contribution in [3.63, 3.8) is 0 Å². The Hall–Kier alpha value is -2.18. The Labute approximate surface area is 158 Å². The lowest BCUT2D eigenvalue weighted by Crippen LogP contribution is -3.08. The summed E-state index contributed by atoms with van der Waals surface area (Å²) in [5.74, 6) is 0.00630. The van der Waals surface area contributed by atoms with E-state index in [2.05, 4.69) is 17.4 Å². The third-order valence-corrected chi connectivity index (χ3v) is 5.29. The number of hydrogen-bond donors (Lipinski definition) is 2. The van der Waals surface area contributed by atoms with Crippen LogP contribution in [-0.2, 0) is 16.1 Å². The highest BCUT2D eigenvalue weighted by molar-refractivity contribution is 7.15. The van der Waals surface area contributed by atoms with E-state index in [1.54, 1.807) is 6.92 Å². The lowest BCUT2D eigenvalue weighted by Gasteiger charge is -2.14. The summed E-state index contributed by atoms with van der Waals surface area (Å²) in [6, 6.07) is 10.1. The topological polar surface area (TPSA) is 59.8 Å². The van der Waals surface area contributed by atoms with Gasteiger partial charge in [-0.2, -0.15) is 0 Å². The number of carbonyl (C=O) groups is 2. The van der Waals surface area contributed by atoms with Crippen LogP contribution in [0.15, 0.2) is 35.7 Å². The van der Waals surface area contributed by atoms with E-state index in [1.807, 2.05) is 30.6 Å². The van der Waals surface area contributed by atoms with Gasteiger partial charge in [0.25, 0.3) is 5.91 Å². The summed E-state index contributed by atoms with van der Waals surface area (Å²) in [6.07, 6.45) is 2.20. The quantitative estimate of drug-likeness (QED) is 0.699. The molecule has 2 N–H and O–H groups in total. The Balaban J connectivity index is 1.64. The molecular weight excluding hydrogens is 348 g/mol. The van der Waals surface area contributed by atoms with E-state index in [1.165, 1.54) is 16.9 Å². The van der Waals surface area contributed by atoms with Crippen molar-refractivity contribution in [1.29, 1.82) is 0 Å². The average Bonchev–Trinajstić information content (AvgIpc) is 3.36. The van der Waals surface area contributed by atoms with Gasteiger partial charge in [-0.25, -0.2) is 4.79 Å². The first-order chi connectivity index (χ1) is 12.6. The number of nitrogens with one attached hydrogen (secondary N) is 2. The molecule has 0 bridgehead atoms. The fourth-order valence-electron chi connectivity index (χ4n) is 3.02. The zero-order valence-electron chi connectivity index (χ0n) is 15.2. The Morgan fingerprint density at radius 2 is 2.00 bits per heavy atom. The van der Waals surface area contributed by atoms with Crippen LogP contribution in [0.2, 0.25) is 0 Å². The first-order valence-corrected chi connectivity index (χ1v) is 9.90. The zero-order valence-corrected chi connectivity index (χ0v) is 16.0. The Morgan fingerprint density at radius 3 is 2.65 bits per heavy atom. The number of anilines is 1. The fraction of sp³-hybridized carbons (Fsp3) is 0.400. The summed E-state index contributed by atoms with van der Waals surface area (Å²) < 4.78 is 5.20. The molecule has 26 heavy (non-hydrogen) atoms. The highest BCUT2D eigenvalue weighted by Crippen LogP contribution is 2.46. The van der Waals surface area contributed by atoms with E-state index in [9.17, 15) is 9.59 Å². The molecular formula is C20H25N2O3S+. The number of thiophene rings is 1. The van der Waals surface area contributed by atoms with Crippen molar-refractivity contribution in [1.82, 2.24) is 0 Å². The molecule has 5 nitrogen and oxygen atoms in total. The van der Waals surface area contributed by atoms with Crippen molar-refractivity contribution in [2.24, 2.45) is 0 Å². The van der Waals surface area contributed by atoms with E-state index in [-0.39, 0.29) is 11.9 Å². The van der Waals surface area contributed by atoms with Crippen molar-refractivity contribution in [2.45, 2.75) is 32.2 Å². The first-order valence-electron chi connectivity index (χ1n) is 9.02. The number of quaternary nitrogens is 1. The molecule has 1 unspecified atom stereocenters. The third-order valence-electron chi connectivity index (χ3n) is 4.38. The number of carbonyl (C=O) groups excluding carboxylic acids is 2. The van der Waals surface area contributed by atoms with E-state index in [0.717, 1.165) is 29.8 Å². The SMILES string of the molecule is CCOC(=O)c1c(C2CC2)csc1NC(=O)C[NH+](C)Cc1ccccc1. The third kappa shape index (κ3) is 4.71. The van der Waals surface area contributed by atoms with E-state index in [0.29, 0.717) is 29.6 Å². The number of amides is 1. The van der Waals surface area contributed by atoms with Crippen molar-refractivity contribution in [3.05, 3.63) is 52.4 Å². The minimum Gasteiger partial charge on any atom is -0.462 e. The standard InChI is InChI=1S/C20H24N2O3S/c1-3-25-20(24)18-16(15-9-10-15)13-26-19(18)21-17(23)12-22(2)11-14-7-5-4-6-8-14/h4-8,13,15H,3,9-12H2,1-2H3,(H,21,23)/p+1. The van der Waals surface area contributed by atoms with Gasteiger partial charge in [0.1, 0.15) is 11.5 Å². The van der Waals surface area contributed by atoms with Crippen LogP contribution in [0, 0.1) is 0 Å². The smallest absolute Gasteiger partial charge is 0.341 e. The molecule has 1 atom stereocenters. The monoisotopic (exact) mass is 373 g/mol. The molecule has 1 aliphatic rings. The van der Waals surface area contributed by atoms with E-state index in [4.69, 9.17) is 4.74 Å². The predicted octanol–water partition coefficient (Wildman–Crippen LogP) is 2.46. The average molecular weight is 373 g/mol.